The van der Waals surface area contributed by atoms with Crippen molar-refractivity contribution < 1.29 is 34.3 Å². The molecule has 1 aliphatic rings. The molecule has 180 valence electrons. The summed E-state index contributed by atoms with van der Waals surface area (Å²) in [6.45, 7) is -0.0164. The largest absolute Gasteiger partial charge is 0.480 e. The van der Waals surface area contributed by atoms with Gasteiger partial charge < -0.3 is 36.3 Å². The molecule has 7 N–H and O–H groups in total. The van der Waals surface area contributed by atoms with Crippen LogP contribution in [0.15, 0.2) is 30.3 Å². The number of halogens is 2. The maximum Gasteiger partial charge on any atom is 0.451 e. The lowest BCUT2D eigenvalue weighted by molar-refractivity contribution is -0.152. The van der Waals surface area contributed by atoms with E-state index in [9.17, 15) is 19.5 Å². The Labute approximate surface area is 199 Å². The number of nitrogens with two attached hydrogens (primary N) is 2. The van der Waals surface area contributed by atoms with Crippen molar-refractivity contribution >= 4 is 49.8 Å². The van der Waals surface area contributed by atoms with Crippen molar-refractivity contribution in [1.29, 1.82) is 0 Å². The van der Waals surface area contributed by atoms with Gasteiger partial charge in [-0.2, -0.15) is 0 Å². The number of esters is 1. The van der Waals surface area contributed by atoms with Crippen LogP contribution < -0.4 is 11.5 Å². The zero-order valence-electron chi connectivity index (χ0n) is 17.5. The van der Waals surface area contributed by atoms with Gasteiger partial charge in [-0.1, -0.05) is 36.8 Å². The van der Waals surface area contributed by atoms with Crippen molar-refractivity contribution in [2.24, 2.45) is 17.4 Å². The summed E-state index contributed by atoms with van der Waals surface area (Å²) in [5, 5.41) is 27.6. The van der Waals surface area contributed by atoms with E-state index in [1.807, 2.05) is 18.2 Å². The maximum absolute atomic E-state index is 12.7. The van der Waals surface area contributed by atoms with Crippen LogP contribution in [0.2, 0.25) is 6.32 Å². The molecule has 0 radical (unpaired) electrons. The molecule has 10 nitrogen and oxygen atoms in total. The number of carboxylic acid groups (broad SMARTS) is 1. The lowest BCUT2D eigenvalue weighted by Gasteiger charge is -2.42. The van der Waals surface area contributed by atoms with Gasteiger partial charge in [0.05, 0.1) is 12.5 Å². The number of carbonyl (C=O) groups is 3. The molecule has 0 aromatic heterocycles. The molecule has 0 aliphatic carbocycles. The summed E-state index contributed by atoms with van der Waals surface area (Å²) in [6.07, 6.45) is 0.0440. The number of aliphatic carboxylic acids is 1. The van der Waals surface area contributed by atoms with Gasteiger partial charge in [0.1, 0.15) is 12.1 Å². The Hall–Kier alpha value is -1.89. The topological polar surface area (TPSA) is 176 Å². The minimum absolute atomic E-state index is 0. The molecular formula is C19H30BCl2N3O7. The fourth-order valence-corrected chi connectivity index (χ4v) is 3.56. The fourth-order valence-electron chi connectivity index (χ4n) is 3.56. The normalized spacial score (nSPS) is 20.9. The summed E-state index contributed by atoms with van der Waals surface area (Å²) in [5.74, 6) is -2.85. The van der Waals surface area contributed by atoms with E-state index >= 15 is 0 Å². The molecule has 1 unspecified atom stereocenters. The van der Waals surface area contributed by atoms with Crippen LogP contribution in [0.3, 0.4) is 0 Å². The number of rotatable bonds is 9. The zero-order chi connectivity index (χ0) is 22.3. The number of likely N-dealkylation sites (tertiary alicyclic amines) is 1. The van der Waals surface area contributed by atoms with Crippen LogP contribution in [0.25, 0.3) is 0 Å². The standard InChI is InChI=1S/C19H28BN3O7.2ClH/c21-15(8-16(24)30-11-13-4-2-1-3-5-13)17(25)23-10-14(6-7-20(28)29)9-19(22,12-23)18(26)27;;/h1-5,14-15,28-29H,6-12,21-22H2,(H,26,27);2*1H/t14-,15?,19+;;/m0../s1. The Kier molecular flexibility index (Phi) is 12.8. The van der Waals surface area contributed by atoms with Gasteiger partial charge in [0.2, 0.25) is 5.91 Å². The van der Waals surface area contributed by atoms with Gasteiger partial charge in [-0.15, -0.1) is 24.8 Å². The third-order valence-electron chi connectivity index (χ3n) is 5.12. The van der Waals surface area contributed by atoms with E-state index in [0.29, 0.717) is 0 Å². The first-order valence-electron chi connectivity index (χ1n) is 9.73. The van der Waals surface area contributed by atoms with Crippen molar-refractivity contribution in [3.63, 3.8) is 0 Å². The van der Waals surface area contributed by atoms with E-state index in [-0.39, 0.29) is 76.0 Å². The molecule has 1 aromatic rings. The molecule has 0 spiro atoms. The number of piperidine rings is 1. The molecule has 1 aromatic carbocycles. The Morgan fingerprint density at radius 2 is 1.84 bits per heavy atom. The molecule has 1 fully saturated rings. The quantitative estimate of drug-likeness (QED) is 0.230. The summed E-state index contributed by atoms with van der Waals surface area (Å²) in [6, 6.07) is 7.84. The van der Waals surface area contributed by atoms with Crippen LogP contribution in [0, 0.1) is 5.92 Å². The number of benzene rings is 1. The number of hydrogen-bond donors (Lipinski definition) is 5. The van der Waals surface area contributed by atoms with Crippen LogP contribution in [0.4, 0.5) is 0 Å². The van der Waals surface area contributed by atoms with Crippen molar-refractivity contribution in [2.45, 2.75) is 43.8 Å². The van der Waals surface area contributed by atoms with E-state index in [4.69, 9.17) is 26.3 Å². The van der Waals surface area contributed by atoms with Gasteiger partial charge >= 0.3 is 19.1 Å². The minimum Gasteiger partial charge on any atom is -0.480 e. The summed E-state index contributed by atoms with van der Waals surface area (Å²) in [4.78, 5) is 37.7. The number of amides is 1. The molecule has 3 atom stereocenters. The lowest BCUT2D eigenvalue weighted by atomic mass is 9.75. The number of carbonyl (C=O) groups excluding carboxylic acids is 2. The van der Waals surface area contributed by atoms with Gasteiger partial charge in [0.15, 0.2) is 0 Å². The first-order valence-corrected chi connectivity index (χ1v) is 9.73. The third-order valence-corrected chi connectivity index (χ3v) is 5.12. The highest BCUT2D eigenvalue weighted by Crippen LogP contribution is 2.28. The van der Waals surface area contributed by atoms with Crippen molar-refractivity contribution in [3.8, 4) is 0 Å². The highest BCUT2D eigenvalue weighted by Gasteiger charge is 2.45. The molecule has 1 amide bonds. The molecule has 1 heterocycles. The van der Waals surface area contributed by atoms with Gasteiger partial charge in [-0.25, -0.2) is 0 Å². The van der Waals surface area contributed by atoms with Crippen LogP contribution in [0.1, 0.15) is 24.8 Å². The molecule has 13 heteroatoms. The maximum atomic E-state index is 12.7. The molecule has 32 heavy (non-hydrogen) atoms. The Bertz CT molecular complexity index is 760. The number of ether oxygens (including phenoxy) is 1. The second kappa shape index (κ2) is 13.6. The number of carboxylic acids is 1. The minimum atomic E-state index is -1.67. The molecular weight excluding hydrogens is 464 g/mol. The Balaban J connectivity index is 0.00000480. The average Bonchev–Trinajstić information content (AvgIpc) is 2.70. The van der Waals surface area contributed by atoms with Gasteiger partial charge in [0.25, 0.3) is 0 Å². The monoisotopic (exact) mass is 493 g/mol. The SMILES string of the molecule is Cl.Cl.NC(CC(=O)OCc1ccccc1)C(=O)N1C[C@@H](CCB(O)O)C[C@](N)(C(=O)O)C1. The molecule has 1 aliphatic heterocycles. The average molecular weight is 494 g/mol. The third kappa shape index (κ3) is 8.93. The molecule has 0 saturated carbocycles. The van der Waals surface area contributed by atoms with Crippen LogP contribution in [0.5, 0.6) is 0 Å². The molecule has 2 rings (SSSR count). The smallest absolute Gasteiger partial charge is 0.451 e. The zero-order valence-corrected chi connectivity index (χ0v) is 19.1. The van der Waals surface area contributed by atoms with E-state index in [2.05, 4.69) is 0 Å². The van der Waals surface area contributed by atoms with Gasteiger partial charge in [-0.05, 0) is 24.2 Å². The van der Waals surface area contributed by atoms with Gasteiger partial charge in [0, 0.05) is 13.1 Å². The summed E-state index contributed by atoms with van der Waals surface area (Å²) >= 11 is 0. The molecule has 1 saturated heterocycles. The van der Waals surface area contributed by atoms with E-state index in [0.717, 1.165) is 5.56 Å². The second-order valence-corrected chi connectivity index (χ2v) is 7.77. The van der Waals surface area contributed by atoms with Crippen LogP contribution >= 0.6 is 24.8 Å². The lowest BCUT2D eigenvalue weighted by Crippen LogP contribution is -2.64. The second-order valence-electron chi connectivity index (χ2n) is 7.77. The Morgan fingerprint density at radius 1 is 1.22 bits per heavy atom. The number of nitrogens with zero attached hydrogens (tertiary/aromatic N) is 1. The highest BCUT2D eigenvalue weighted by molar-refractivity contribution is 6.40. The van der Waals surface area contributed by atoms with Crippen molar-refractivity contribution in [1.82, 2.24) is 4.90 Å². The van der Waals surface area contributed by atoms with E-state index in [1.165, 1.54) is 4.90 Å². The fraction of sp³-hybridized carbons (Fsp3) is 0.526. The van der Waals surface area contributed by atoms with Gasteiger partial charge in [-0.3, -0.25) is 14.4 Å². The van der Waals surface area contributed by atoms with Crippen molar-refractivity contribution in [3.05, 3.63) is 35.9 Å². The van der Waals surface area contributed by atoms with E-state index in [1.54, 1.807) is 12.1 Å². The summed E-state index contributed by atoms with van der Waals surface area (Å²) in [7, 11) is -1.53. The summed E-state index contributed by atoms with van der Waals surface area (Å²) < 4.78 is 5.14. The van der Waals surface area contributed by atoms with Crippen molar-refractivity contribution in [2.75, 3.05) is 13.1 Å². The van der Waals surface area contributed by atoms with E-state index < -0.39 is 36.5 Å². The van der Waals surface area contributed by atoms with Crippen LogP contribution in [-0.4, -0.2) is 69.7 Å². The number of hydrogen-bond acceptors (Lipinski definition) is 8. The first kappa shape index (κ1) is 30.1. The predicted molar refractivity (Wildman–Crippen MR) is 122 cm³/mol. The summed E-state index contributed by atoms with van der Waals surface area (Å²) in [5.41, 5.74) is 11.0. The first-order chi connectivity index (χ1) is 14.1. The predicted octanol–water partition coefficient (Wildman–Crippen LogP) is -0.216. The van der Waals surface area contributed by atoms with Crippen LogP contribution in [-0.2, 0) is 25.7 Å². The Morgan fingerprint density at radius 3 is 2.41 bits per heavy atom. The highest BCUT2D eigenvalue weighted by atomic mass is 35.5. The molecule has 0 bridgehead atoms.